The number of ether oxygens (including phenoxy) is 1. The van der Waals surface area contributed by atoms with Crippen molar-refractivity contribution in [3.8, 4) is 5.75 Å². The molecule has 14 heteroatoms. The number of nitrogens with zero attached hydrogens (tertiary/aromatic N) is 5. The van der Waals surface area contributed by atoms with Gasteiger partial charge in [-0.1, -0.05) is 55.1 Å². The zero-order valence-corrected chi connectivity index (χ0v) is 23.7. The molecule has 3 aromatic carbocycles. The fourth-order valence-electron chi connectivity index (χ4n) is 4.16. The van der Waals surface area contributed by atoms with Crippen molar-refractivity contribution in [1.82, 2.24) is 0 Å². The van der Waals surface area contributed by atoms with E-state index in [-0.39, 0.29) is 23.3 Å². The van der Waals surface area contributed by atoms with Gasteiger partial charge in [0.1, 0.15) is 17.9 Å². The summed E-state index contributed by atoms with van der Waals surface area (Å²) in [6.07, 6.45) is -6.20. The molecule has 1 atom stereocenters. The number of benzene rings is 3. The summed E-state index contributed by atoms with van der Waals surface area (Å²) in [4.78, 5) is 9.69. The summed E-state index contributed by atoms with van der Waals surface area (Å²) in [5.74, 6) is 0.347. The molecule has 7 nitrogen and oxygen atoms in total. The number of anilines is 1. The van der Waals surface area contributed by atoms with Crippen molar-refractivity contribution in [3.63, 3.8) is 0 Å². The maximum Gasteiger partial charge on any atom is 0.573 e. The number of para-hydroxylation sites is 1. The first-order valence-corrected chi connectivity index (χ1v) is 13.9. The zero-order chi connectivity index (χ0) is 31.2. The maximum absolute atomic E-state index is 13.9. The average Bonchev–Trinajstić information content (AvgIpc) is 3.32. The van der Waals surface area contributed by atoms with Crippen LogP contribution in [0.25, 0.3) is 0 Å². The van der Waals surface area contributed by atoms with E-state index in [9.17, 15) is 26.3 Å². The molecule has 0 spiro atoms. The average molecular weight is 621 g/mol. The molecule has 4 rings (SSSR count). The van der Waals surface area contributed by atoms with Crippen LogP contribution >= 0.6 is 11.8 Å². The van der Waals surface area contributed by atoms with Crippen molar-refractivity contribution >= 4 is 46.7 Å². The Bertz CT molecular complexity index is 1530. The lowest BCUT2D eigenvalue weighted by molar-refractivity contribution is -0.274. The summed E-state index contributed by atoms with van der Waals surface area (Å²) >= 11 is 1.34. The second-order valence-corrected chi connectivity index (χ2v) is 10.2. The van der Waals surface area contributed by atoms with Crippen LogP contribution in [0.2, 0.25) is 0 Å². The van der Waals surface area contributed by atoms with Crippen molar-refractivity contribution in [3.05, 3.63) is 89.0 Å². The van der Waals surface area contributed by atoms with E-state index >= 15 is 0 Å². The summed E-state index contributed by atoms with van der Waals surface area (Å²) in [6, 6.07) is 15.7. The Kier molecular flexibility index (Phi) is 9.79. The molecule has 226 valence electrons. The fourth-order valence-corrected chi connectivity index (χ4v) is 5.22. The molecule has 0 amide bonds. The smallest absolute Gasteiger partial charge is 0.406 e. The summed E-state index contributed by atoms with van der Waals surface area (Å²) in [7, 11) is 0. The molecule has 1 saturated heterocycles. The molecule has 2 N–H and O–H groups in total. The van der Waals surface area contributed by atoms with Gasteiger partial charge in [-0.3, -0.25) is 0 Å². The molecule has 3 aromatic rings. The van der Waals surface area contributed by atoms with Crippen molar-refractivity contribution < 1.29 is 31.1 Å². The quantitative estimate of drug-likeness (QED) is 0.122. The van der Waals surface area contributed by atoms with Crippen molar-refractivity contribution in [2.45, 2.75) is 38.8 Å². The second kappa shape index (κ2) is 13.3. The number of aryl methyl sites for hydroxylation is 1. The highest BCUT2D eigenvalue weighted by Crippen LogP contribution is 2.42. The van der Waals surface area contributed by atoms with E-state index in [0.717, 1.165) is 18.2 Å². The predicted molar refractivity (Wildman–Crippen MR) is 159 cm³/mol. The predicted octanol–water partition coefficient (Wildman–Crippen LogP) is 7.56. The van der Waals surface area contributed by atoms with Crippen LogP contribution in [-0.2, 0) is 12.6 Å². The van der Waals surface area contributed by atoms with Gasteiger partial charge in [-0.05, 0) is 54.8 Å². The summed E-state index contributed by atoms with van der Waals surface area (Å²) in [6.45, 7) is 3.67. The minimum Gasteiger partial charge on any atom is -0.406 e. The van der Waals surface area contributed by atoms with Gasteiger partial charge in [-0.2, -0.15) is 18.3 Å². The molecule has 0 bridgehead atoms. The molecular formula is C29H26F6N6OS. The molecule has 1 unspecified atom stereocenters. The Labute approximate surface area is 247 Å². The van der Waals surface area contributed by atoms with Crippen LogP contribution in [0.5, 0.6) is 5.75 Å². The summed E-state index contributed by atoms with van der Waals surface area (Å²) in [5.41, 5.74) is 7.58. The van der Waals surface area contributed by atoms with E-state index in [0.29, 0.717) is 39.7 Å². The summed E-state index contributed by atoms with van der Waals surface area (Å²) < 4.78 is 82.2. The molecule has 1 aliphatic rings. The van der Waals surface area contributed by atoms with Gasteiger partial charge >= 0.3 is 12.5 Å². The van der Waals surface area contributed by atoms with E-state index in [1.807, 2.05) is 13.8 Å². The van der Waals surface area contributed by atoms with Gasteiger partial charge in [-0.25, -0.2) is 9.98 Å². The third-order valence-electron chi connectivity index (χ3n) is 6.18. The van der Waals surface area contributed by atoms with Crippen LogP contribution in [0.1, 0.15) is 36.1 Å². The normalized spacial score (nSPS) is 17.5. The van der Waals surface area contributed by atoms with E-state index in [1.165, 1.54) is 42.5 Å². The van der Waals surface area contributed by atoms with Crippen LogP contribution in [0.3, 0.4) is 0 Å². The Hall–Kier alpha value is -4.33. The largest absolute Gasteiger partial charge is 0.573 e. The van der Waals surface area contributed by atoms with Crippen molar-refractivity contribution in [2.75, 3.05) is 10.7 Å². The number of thioether (sulfide) groups is 1. The standard InChI is InChI=1S/C29H26F6N6OS/c1-3-20-5-4-6-24(28(30,31)32)25(20)41-18(2)16-43-27(41)40-39-15-19-7-9-21(10-8-19)26(36)38-17-37-22-11-13-23(14-12-22)42-29(33,34)35/h4-15,17-18H,3,16H2,1-2H3,(H2,36,37,38)/b39-15+,40-27-. The van der Waals surface area contributed by atoms with Crippen molar-refractivity contribution in [1.29, 1.82) is 0 Å². The van der Waals surface area contributed by atoms with Crippen LogP contribution in [0, 0.1) is 0 Å². The van der Waals surface area contributed by atoms with Crippen LogP contribution in [-0.4, -0.2) is 41.7 Å². The number of hydrogen-bond donors (Lipinski definition) is 1. The number of halogens is 6. The van der Waals surface area contributed by atoms with Gasteiger partial charge < -0.3 is 15.4 Å². The zero-order valence-electron chi connectivity index (χ0n) is 22.9. The maximum atomic E-state index is 13.9. The first kappa shape index (κ1) is 31.6. The van der Waals surface area contributed by atoms with Crippen LogP contribution in [0.15, 0.2) is 86.9 Å². The van der Waals surface area contributed by atoms with Crippen molar-refractivity contribution in [2.24, 2.45) is 25.9 Å². The highest BCUT2D eigenvalue weighted by molar-refractivity contribution is 8.14. The lowest BCUT2D eigenvalue weighted by Crippen LogP contribution is -2.34. The molecule has 1 heterocycles. The molecular weight excluding hydrogens is 594 g/mol. The molecule has 1 aliphatic heterocycles. The molecule has 0 aromatic heterocycles. The minimum atomic E-state index is -4.78. The molecule has 0 saturated carbocycles. The molecule has 43 heavy (non-hydrogen) atoms. The lowest BCUT2D eigenvalue weighted by atomic mass is 10.0. The summed E-state index contributed by atoms with van der Waals surface area (Å²) in [5, 5.41) is 8.76. The third-order valence-corrected chi connectivity index (χ3v) is 7.36. The van der Waals surface area contributed by atoms with E-state index in [2.05, 4.69) is 24.9 Å². The van der Waals surface area contributed by atoms with Crippen LogP contribution in [0.4, 0.5) is 37.7 Å². The van der Waals surface area contributed by atoms with E-state index in [1.54, 1.807) is 35.2 Å². The molecule has 0 radical (unpaired) electrons. The minimum absolute atomic E-state index is 0.110. The number of amidine groups is 2. The number of alkyl halides is 6. The van der Waals surface area contributed by atoms with Gasteiger partial charge in [0.15, 0.2) is 5.17 Å². The van der Waals surface area contributed by atoms with Crippen LogP contribution < -0.4 is 15.4 Å². The number of nitrogens with two attached hydrogens (primary N) is 1. The van der Waals surface area contributed by atoms with Gasteiger partial charge in [0.05, 0.1) is 23.2 Å². The highest BCUT2D eigenvalue weighted by Gasteiger charge is 2.40. The monoisotopic (exact) mass is 620 g/mol. The SMILES string of the molecule is CCc1cccc(C(F)(F)F)c1N1/C(=N/N=C/c2ccc(C(N)=NC=Nc3ccc(OC(F)(F)F)cc3)cc2)SCC1C. The lowest BCUT2D eigenvalue weighted by Gasteiger charge is -2.28. The Morgan fingerprint density at radius 3 is 2.35 bits per heavy atom. The second-order valence-electron chi connectivity index (χ2n) is 9.24. The van der Waals surface area contributed by atoms with Gasteiger partial charge in [0, 0.05) is 17.4 Å². The Morgan fingerprint density at radius 1 is 1.02 bits per heavy atom. The fraction of sp³-hybridized carbons (Fsp3) is 0.241. The van der Waals surface area contributed by atoms with Gasteiger partial charge in [0.2, 0.25) is 0 Å². The van der Waals surface area contributed by atoms with Gasteiger partial charge in [0.25, 0.3) is 0 Å². The first-order valence-electron chi connectivity index (χ1n) is 12.9. The first-order chi connectivity index (χ1) is 20.4. The number of rotatable bonds is 8. The molecule has 0 aliphatic carbocycles. The molecule has 1 fully saturated rings. The third kappa shape index (κ3) is 8.37. The van der Waals surface area contributed by atoms with E-state index in [4.69, 9.17) is 5.73 Å². The van der Waals surface area contributed by atoms with Gasteiger partial charge in [-0.15, -0.1) is 18.3 Å². The number of aliphatic imine (C=N–C) groups is 2. The highest BCUT2D eigenvalue weighted by atomic mass is 32.2. The topological polar surface area (TPSA) is 87.9 Å². The Morgan fingerprint density at radius 2 is 1.72 bits per heavy atom. The van der Waals surface area contributed by atoms with E-state index < -0.39 is 18.1 Å². The number of hydrogen-bond acceptors (Lipinski definition) is 5. The Balaban J connectivity index is 1.44.